The lowest BCUT2D eigenvalue weighted by atomic mass is 10.0. The van der Waals surface area contributed by atoms with Crippen molar-refractivity contribution in [3.63, 3.8) is 0 Å². The molecule has 1 fully saturated rings. The van der Waals surface area contributed by atoms with E-state index in [-0.39, 0.29) is 6.10 Å². The first kappa shape index (κ1) is 46.1. The molecule has 0 radical (unpaired) electrons. The van der Waals surface area contributed by atoms with Gasteiger partial charge >= 0.3 is 0 Å². The van der Waals surface area contributed by atoms with Crippen molar-refractivity contribution < 1.29 is 19.5 Å². The number of unbranched alkanes of at least 4 members (excludes halogenated alkanes) is 24. The summed E-state index contributed by atoms with van der Waals surface area (Å²) in [6.07, 6.45) is 41.5. The van der Waals surface area contributed by atoms with Gasteiger partial charge in [0.15, 0.2) is 5.12 Å². The summed E-state index contributed by atoms with van der Waals surface area (Å²) in [6, 6.07) is 0. The van der Waals surface area contributed by atoms with Crippen LogP contribution >= 0.6 is 11.8 Å². The Balaban J connectivity index is 1.94. The molecule has 1 rings (SSSR count). The first-order valence-corrected chi connectivity index (χ1v) is 23.9. The van der Waals surface area contributed by atoms with E-state index in [4.69, 9.17) is 9.47 Å². The van der Waals surface area contributed by atoms with Crippen LogP contribution in [0.1, 0.15) is 219 Å². The minimum absolute atomic E-state index is 0.180. The number of carbonyl (C=O) groups excluding carboxylic acids is 1. The Hall–Kier alpha value is 0.0769. The standard InChI is InChI=1S/C41H83NO4SSi/c1-3-5-7-9-11-13-15-17-19-21-23-25-27-31-41(43)47-37-29-30-40-33-32-39(34-35-42(44)48-40)46-38-45-36-28-26-24-22-20-18-16-14-12-10-8-6-4-2/h39-40,44H,3-38,48H2,1-2H3. The average molecular weight is 714 g/mol. The van der Waals surface area contributed by atoms with Crippen molar-refractivity contribution in [1.82, 2.24) is 4.73 Å². The molecule has 0 aromatic rings. The molecule has 1 saturated heterocycles. The molecule has 0 amide bonds. The second kappa shape index (κ2) is 36.9. The van der Waals surface area contributed by atoms with Gasteiger partial charge in [-0.2, -0.15) is 0 Å². The Kier molecular flexibility index (Phi) is 35.4. The zero-order valence-corrected chi connectivity index (χ0v) is 34.6. The molecule has 1 N–H and O–H groups in total. The maximum absolute atomic E-state index is 12.4. The number of hydrogen-bond donors (Lipinski definition) is 1. The van der Waals surface area contributed by atoms with Gasteiger partial charge in [-0.1, -0.05) is 186 Å². The molecular formula is C41H83NO4SSi. The van der Waals surface area contributed by atoms with Crippen molar-refractivity contribution in [3.8, 4) is 0 Å². The molecule has 1 aliphatic rings. The normalized spacial score (nSPS) is 18.0. The fraction of sp³-hybridized carbons (Fsp3) is 0.976. The second-order valence-corrected chi connectivity index (χ2v) is 18.5. The van der Waals surface area contributed by atoms with Crippen LogP contribution in [-0.2, 0) is 14.3 Å². The summed E-state index contributed by atoms with van der Waals surface area (Å²) in [5, 5.41) is 10.8. The molecule has 0 spiro atoms. The van der Waals surface area contributed by atoms with Crippen LogP contribution in [0.25, 0.3) is 0 Å². The van der Waals surface area contributed by atoms with Crippen molar-refractivity contribution in [3.05, 3.63) is 0 Å². The van der Waals surface area contributed by atoms with Gasteiger partial charge in [-0.3, -0.25) is 4.79 Å². The highest BCUT2D eigenvalue weighted by Crippen LogP contribution is 2.26. The third kappa shape index (κ3) is 32.0. The quantitative estimate of drug-likeness (QED) is 0.0401. The molecule has 0 aromatic heterocycles. The highest BCUT2D eigenvalue weighted by Gasteiger charge is 2.22. The first-order valence-electron chi connectivity index (χ1n) is 21.4. The van der Waals surface area contributed by atoms with Gasteiger partial charge in [0.2, 0.25) is 0 Å². The monoisotopic (exact) mass is 714 g/mol. The smallest absolute Gasteiger partial charge is 0.188 e. The lowest BCUT2D eigenvalue weighted by Crippen LogP contribution is -2.34. The largest absolute Gasteiger partial charge is 0.355 e. The van der Waals surface area contributed by atoms with E-state index < -0.39 is 9.68 Å². The maximum atomic E-state index is 12.4. The van der Waals surface area contributed by atoms with E-state index in [0.717, 1.165) is 70.3 Å². The summed E-state index contributed by atoms with van der Waals surface area (Å²) in [4.78, 5) is 12.4. The van der Waals surface area contributed by atoms with E-state index in [1.807, 2.05) is 0 Å². The molecule has 2 unspecified atom stereocenters. The van der Waals surface area contributed by atoms with Gasteiger partial charge in [0, 0.05) is 25.3 Å². The number of hydrogen-bond acceptors (Lipinski definition) is 6. The number of rotatable bonds is 35. The van der Waals surface area contributed by atoms with Gasteiger partial charge in [-0.15, -0.1) is 0 Å². The van der Waals surface area contributed by atoms with Gasteiger partial charge in [0.1, 0.15) is 16.5 Å². The number of nitrogens with zero attached hydrogens (tertiary/aromatic N) is 1. The fourth-order valence-corrected chi connectivity index (χ4v) is 9.76. The number of thioether (sulfide) groups is 1. The molecule has 7 heteroatoms. The molecule has 0 aromatic carbocycles. The molecule has 0 bridgehead atoms. The summed E-state index contributed by atoms with van der Waals surface area (Å²) in [7, 11) is -0.655. The Morgan fingerprint density at radius 1 is 0.646 bits per heavy atom. The summed E-state index contributed by atoms with van der Waals surface area (Å²) >= 11 is 1.55. The Morgan fingerprint density at radius 2 is 1.12 bits per heavy atom. The van der Waals surface area contributed by atoms with Crippen molar-refractivity contribution in [2.24, 2.45) is 0 Å². The third-order valence-electron chi connectivity index (χ3n) is 10.4. The van der Waals surface area contributed by atoms with E-state index in [9.17, 15) is 10.0 Å². The van der Waals surface area contributed by atoms with Crippen LogP contribution in [0, 0.1) is 0 Å². The van der Waals surface area contributed by atoms with Crippen LogP contribution < -0.4 is 0 Å². The van der Waals surface area contributed by atoms with Gasteiger partial charge in [-0.05, 0) is 44.1 Å². The highest BCUT2D eigenvalue weighted by molar-refractivity contribution is 8.13. The molecule has 48 heavy (non-hydrogen) atoms. The minimum atomic E-state index is -0.655. The average Bonchev–Trinajstić information content (AvgIpc) is 3.08. The number of carbonyl (C=O) groups is 1. The first-order chi connectivity index (χ1) is 23.7. The molecule has 5 nitrogen and oxygen atoms in total. The van der Waals surface area contributed by atoms with Crippen molar-refractivity contribution in [1.29, 1.82) is 0 Å². The van der Waals surface area contributed by atoms with E-state index >= 15 is 0 Å². The molecule has 0 saturated carbocycles. The lowest BCUT2D eigenvalue weighted by molar-refractivity contribution is -0.111. The lowest BCUT2D eigenvalue weighted by Gasteiger charge is -2.29. The van der Waals surface area contributed by atoms with Gasteiger partial charge in [-0.25, -0.2) is 4.73 Å². The van der Waals surface area contributed by atoms with E-state index in [1.54, 1.807) is 16.5 Å². The van der Waals surface area contributed by atoms with Crippen LogP contribution in [0.15, 0.2) is 0 Å². The number of hydroxylamine groups is 1. The molecule has 1 heterocycles. The predicted octanol–water partition coefficient (Wildman–Crippen LogP) is 12.7. The fourth-order valence-electron chi connectivity index (χ4n) is 7.08. The van der Waals surface area contributed by atoms with E-state index in [0.29, 0.717) is 17.4 Å². The number of ether oxygens (including phenoxy) is 2. The van der Waals surface area contributed by atoms with Crippen molar-refractivity contribution >= 4 is 26.6 Å². The van der Waals surface area contributed by atoms with Gasteiger partial charge in [0.05, 0.1) is 6.10 Å². The van der Waals surface area contributed by atoms with Gasteiger partial charge in [0.25, 0.3) is 0 Å². The third-order valence-corrected chi connectivity index (χ3v) is 13.4. The summed E-state index contributed by atoms with van der Waals surface area (Å²) in [6.45, 7) is 6.47. The van der Waals surface area contributed by atoms with E-state index in [1.165, 1.54) is 154 Å². The van der Waals surface area contributed by atoms with Crippen LogP contribution in [0.2, 0.25) is 5.54 Å². The summed E-state index contributed by atoms with van der Waals surface area (Å²) < 4.78 is 13.5. The Bertz CT molecular complexity index is 672. The van der Waals surface area contributed by atoms with Crippen LogP contribution in [-0.4, -0.2) is 56.5 Å². The maximum Gasteiger partial charge on any atom is 0.188 e. The van der Waals surface area contributed by atoms with Crippen LogP contribution in [0.3, 0.4) is 0 Å². The summed E-state index contributed by atoms with van der Waals surface area (Å²) in [5.41, 5.74) is 0.602. The van der Waals surface area contributed by atoms with Crippen molar-refractivity contribution in [2.75, 3.05) is 25.7 Å². The second-order valence-electron chi connectivity index (χ2n) is 15.1. The zero-order valence-electron chi connectivity index (χ0n) is 32.3. The van der Waals surface area contributed by atoms with Crippen LogP contribution in [0.4, 0.5) is 0 Å². The highest BCUT2D eigenvalue weighted by atomic mass is 32.2. The predicted molar refractivity (Wildman–Crippen MR) is 213 cm³/mol. The molecule has 1 aliphatic heterocycles. The summed E-state index contributed by atoms with van der Waals surface area (Å²) in [5.74, 6) is 0.931. The van der Waals surface area contributed by atoms with Crippen molar-refractivity contribution in [2.45, 2.75) is 231 Å². The molecule has 286 valence electrons. The Labute approximate surface area is 306 Å². The zero-order chi connectivity index (χ0) is 34.6. The molecule has 2 atom stereocenters. The topological polar surface area (TPSA) is 59.0 Å². The minimum Gasteiger partial charge on any atom is -0.355 e. The molecule has 0 aliphatic carbocycles. The Morgan fingerprint density at radius 3 is 1.65 bits per heavy atom. The SMILES string of the molecule is CCCCCCCCCCCCCCCOCOC1CCC(CCCSC(=O)CCCCCCCCCCCCCCC)[SiH2]N(O)CC1. The van der Waals surface area contributed by atoms with Crippen LogP contribution in [0.5, 0.6) is 0 Å². The molecular weight excluding hydrogens is 631 g/mol. The van der Waals surface area contributed by atoms with Gasteiger partial charge < -0.3 is 14.7 Å². The van der Waals surface area contributed by atoms with E-state index in [2.05, 4.69) is 13.8 Å².